The molecule has 2 N–H and O–H groups in total. The Morgan fingerprint density at radius 2 is 1.73 bits per heavy atom. The maximum absolute atomic E-state index is 12.2. The van der Waals surface area contributed by atoms with Crippen LogP contribution in [0.15, 0.2) is 65.1 Å². The van der Waals surface area contributed by atoms with Gasteiger partial charge in [-0.1, -0.05) is 35.9 Å². The minimum Gasteiger partial charge on any atom is -0.483 e. The Labute approximate surface area is 198 Å². The lowest BCUT2D eigenvalue weighted by molar-refractivity contribution is -0.121. The molecule has 3 aromatic carbocycles. The predicted octanol–water partition coefficient (Wildman–Crippen LogP) is 5.24. The zero-order valence-electron chi connectivity index (χ0n) is 18.8. The average Bonchev–Trinajstić information content (AvgIpc) is 3.15. The number of thiocarbonyl (C=S) groups is 1. The van der Waals surface area contributed by atoms with Crippen LogP contribution in [0, 0.1) is 20.8 Å². The van der Waals surface area contributed by atoms with Gasteiger partial charge in [-0.3, -0.25) is 10.1 Å². The van der Waals surface area contributed by atoms with E-state index in [1.54, 1.807) is 0 Å². The molecule has 0 aliphatic rings. The first-order valence-electron chi connectivity index (χ1n) is 10.6. The number of benzene rings is 3. The number of carbonyl (C=O) groups is 1. The summed E-state index contributed by atoms with van der Waals surface area (Å²) >= 11 is 5.25. The number of hydrogen-bond acceptors (Lipinski definition) is 5. The first-order valence-corrected chi connectivity index (χ1v) is 11.0. The van der Waals surface area contributed by atoms with Crippen molar-refractivity contribution in [2.45, 2.75) is 27.2 Å². The maximum atomic E-state index is 12.2. The fourth-order valence-electron chi connectivity index (χ4n) is 3.47. The molecule has 0 aliphatic carbocycles. The number of nitrogens with zero attached hydrogens (tertiary/aromatic N) is 1. The van der Waals surface area contributed by atoms with E-state index in [4.69, 9.17) is 21.4 Å². The Balaban J connectivity index is 1.27. The molecule has 4 rings (SSSR count). The fourth-order valence-corrected chi connectivity index (χ4v) is 3.70. The Hall–Kier alpha value is -3.71. The zero-order chi connectivity index (χ0) is 23.4. The molecule has 1 amide bonds. The van der Waals surface area contributed by atoms with Gasteiger partial charge in [-0.25, -0.2) is 4.98 Å². The van der Waals surface area contributed by atoms with Gasteiger partial charge < -0.3 is 14.5 Å². The van der Waals surface area contributed by atoms with E-state index in [0.29, 0.717) is 18.1 Å². The summed E-state index contributed by atoms with van der Waals surface area (Å²) < 4.78 is 11.4. The van der Waals surface area contributed by atoms with Gasteiger partial charge >= 0.3 is 0 Å². The quantitative estimate of drug-likeness (QED) is 0.384. The molecule has 0 atom stereocenters. The SMILES string of the molecule is Cc1ccc(OCC(=O)NC(=S)Nc2ccc(Cc3nc4cc(C)ccc4o3)cc2)c(C)c1. The van der Waals surface area contributed by atoms with Crippen molar-refractivity contribution in [2.24, 2.45) is 0 Å². The molecule has 4 aromatic rings. The highest BCUT2D eigenvalue weighted by Gasteiger charge is 2.09. The summed E-state index contributed by atoms with van der Waals surface area (Å²) in [6, 6.07) is 19.5. The Morgan fingerprint density at radius 1 is 1.00 bits per heavy atom. The number of rotatable bonds is 6. The third kappa shape index (κ3) is 5.96. The van der Waals surface area contributed by atoms with E-state index in [1.807, 2.05) is 81.4 Å². The molecule has 7 heteroatoms. The standard InChI is InChI=1S/C26H25N3O3S/c1-16-4-10-22(18(3)12-16)31-15-24(30)29-26(33)27-20-8-6-19(7-9-20)14-25-28-21-13-17(2)5-11-23(21)32-25/h4-13H,14-15H2,1-3H3,(H2,27,29,30,33). The number of aromatic nitrogens is 1. The van der Waals surface area contributed by atoms with E-state index in [9.17, 15) is 4.79 Å². The van der Waals surface area contributed by atoms with E-state index in [-0.39, 0.29) is 17.6 Å². The zero-order valence-corrected chi connectivity index (χ0v) is 19.6. The Bertz CT molecular complexity index is 1310. The van der Waals surface area contributed by atoms with Crippen molar-refractivity contribution in [3.8, 4) is 5.75 Å². The highest BCUT2D eigenvalue weighted by molar-refractivity contribution is 7.80. The molecule has 0 saturated heterocycles. The molecular weight excluding hydrogens is 434 g/mol. The largest absolute Gasteiger partial charge is 0.483 e. The molecule has 168 valence electrons. The number of oxazole rings is 1. The minimum atomic E-state index is -0.324. The van der Waals surface area contributed by atoms with Gasteiger partial charge in [-0.15, -0.1) is 0 Å². The summed E-state index contributed by atoms with van der Waals surface area (Å²) in [5, 5.41) is 5.86. The summed E-state index contributed by atoms with van der Waals surface area (Å²) in [5.41, 5.74) is 6.76. The van der Waals surface area contributed by atoms with Crippen LogP contribution < -0.4 is 15.4 Å². The van der Waals surface area contributed by atoms with Crippen molar-refractivity contribution in [3.05, 3.63) is 88.8 Å². The molecule has 0 spiro atoms. The molecule has 0 unspecified atom stereocenters. The number of fused-ring (bicyclic) bond motifs is 1. The lowest BCUT2D eigenvalue weighted by Crippen LogP contribution is -2.37. The summed E-state index contributed by atoms with van der Waals surface area (Å²) in [7, 11) is 0. The number of aryl methyl sites for hydroxylation is 3. The van der Waals surface area contributed by atoms with Crippen LogP contribution in [0.1, 0.15) is 28.1 Å². The van der Waals surface area contributed by atoms with Gasteiger partial charge in [0.1, 0.15) is 11.3 Å². The van der Waals surface area contributed by atoms with Crippen molar-refractivity contribution in [1.29, 1.82) is 0 Å². The van der Waals surface area contributed by atoms with Gasteiger partial charge in [-0.2, -0.15) is 0 Å². The normalized spacial score (nSPS) is 10.8. The lowest BCUT2D eigenvalue weighted by atomic mass is 10.1. The minimum absolute atomic E-state index is 0.116. The first kappa shape index (κ1) is 22.5. The van der Waals surface area contributed by atoms with Crippen molar-refractivity contribution in [3.63, 3.8) is 0 Å². The predicted molar refractivity (Wildman–Crippen MR) is 134 cm³/mol. The summed E-state index contributed by atoms with van der Waals surface area (Å²) in [4.78, 5) is 16.7. The molecule has 33 heavy (non-hydrogen) atoms. The molecule has 0 saturated carbocycles. The van der Waals surface area contributed by atoms with E-state index in [1.165, 1.54) is 0 Å². The third-order valence-electron chi connectivity index (χ3n) is 5.10. The molecule has 0 bridgehead atoms. The number of ether oxygens (including phenoxy) is 1. The van der Waals surface area contributed by atoms with Gasteiger partial charge in [0.25, 0.3) is 5.91 Å². The number of hydrogen-bond donors (Lipinski definition) is 2. The molecular formula is C26H25N3O3S. The van der Waals surface area contributed by atoms with Gasteiger partial charge in [-0.05, 0) is 80.0 Å². The Kier molecular flexibility index (Phi) is 6.70. The van der Waals surface area contributed by atoms with Gasteiger partial charge in [0.15, 0.2) is 23.2 Å². The second-order valence-corrected chi connectivity index (χ2v) is 8.42. The van der Waals surface area contributed by atoms with Crippen LogP contribution in [0.4, 0.5) is 5.69 Å². The van der Waals surface area contributed by atoms with Crippen LogP contribution in [0.25, 0.3) is 11.1 Å². The molecule has 6 nitrogen and oxygen atoms in total. The fraction of sp³-hybridized carbons (Fsp3) is 0.192. The van der Waals surface area contributed by atoms with Crippen molar-refractivity contribution < 1.29 is 13.9 Å². The second-order valence-electron chi connectivity index (χ2n) is 8.01. The van der Waals surface area contributed by atoms with E-state index in [2.05, 4.69) is 15.6 Å². The number of nitrogens with one attached hydrogen (secondary N) is 2. The number of carbonyl (C=O) groups excluding carboxylic acids is 1. The molecule has 1 heterocycles. The van der Waals surface area contributed by atoms with Crippen LogP contribution in [0.3, 0.4) is 0 Å². The summed E-state index contributed by atoms with van der Waals surface area (Å²) in [6.07, 6.45) is 0.588. The van der Waals surface area contributed by atoms with Crippen LogP contribution in [0.2, 0.25) is 0 Å². The van der Waals surface area contributed by atoms with Crippen molar-refractivity contribution in [2.75, 3.05) is 11.9 Å². The molecule has 0 radical (unpaired) electrons. The smallest absolute Gasteiger partial charge is 0.264 e. The highest BCUT2D eigenvalue weighted by atomic mass is 32.1. The van der Waals surface area contributed by atoms with Crippen LogP contribution in [-0.4, -0.2) is 22.6 Å². The lowest BCUT2D eigenvalue weighted by Gasteiger charge is -2.12. The molecule has 1 aromatic heterocycles. The average molecular weight is 460 g/mol. The van der Waals surface area contributed by atoms with Gasteiger partial charge in [0.05, 0.1) is 0 Å². The summed E-state index contributed by atoms with van der Waals surface area (Å²) in [6.45, 7) is 5.87. The third-order valence-corrected chi connectivity index (χ3v) is 5.30. The second kappa shape index (κ2) is 9.83. The maximum Gasteiger partial charge on any atom is 0.264 e. The van der Waals surface area contributed by atoms with Gasteiger partial charge in [0, 0.05) is 12.1 Å². The van der Waals surface area contributed by atoms with Crippen molar-refractivity contribution >= 4 is 40.0 Å². The number of anilines is 1. The van der Waals surface area contributed by atoms with Gasteiger partial charge in [0.2, 0.25) is 0 Å². The van der Waals surface area contributed by atoms with Crippen LogP contribution in [-0.2, 0) is 11.2 Å². The van der Waals surface area contributed by atoms with Crippen LogP contribution >= 0.6 is 12.2 Å². The Morgan fingerprint density at radius 3 is 2.48 bits per heavy atom. The summed E-state index contributed by atoms with van der Waals surface area (Å²) in [5.74, 6) is 1.03. The monoisotopic (exact) mass is 459 g/mol. The van der Waals surface area contributed by atoms with E-state index >= 15 is 0 Å². The van der Waals surface area contributed by atoms with Crippen molar-refractivity contribution in [1.82, 2.24) is 10.3 Å². The highest BCUT2D eigenvalue weighted by Crippen LogP contribution is 2.20. The number of amides is 1. The molecule has 0 aliphatic heterocycles. The topological polar surface area (TPSA) is 76.4 Å². The van der Waals surface area contributed by atoms with E-state index < -0.39 is 0 Å². The molecule has 0 fully saturated rings. The first-order chi connectivity index (χ1) is 15.9. The van der Waals surface area contributed by atoms with Crippen LogP contribution in [0.5, 0.6) is 5.75 Å². The van der Waals surface area contributed by atoms with E-state index in [0.717, 1.165) is 39.0 Å².